The Morgan fingerprint density at radius 2 is 1.89 bits per heavy atom. The van der Waals surface area contributed by atoms with Crippen LogP contribution in [0.4, 0.5) is 0 Å². The van der Waals surface area contributed by atoms with E-state index in [9.17, 15) is 5.21 Å². The molecule has 1 N–H and O–H groups in total. The van der Waals surface area contributed by atoms with Crippen molar-refractivity contribution in [1.82, 2.24) is 9.88 Å². The Hall–Kier alpha value is -1.98. The highest BCUT2D eigenvalue weighted by Gasteiger charge is 2.31. The van der Waals surface area contributed by atoms with Crippen molar-refractivity contribution >= 4 is 29.0 Å². The van der Waals surface area contributed by atoms with E-state index in [1.807, 2.05) is 19.1 Å². The normalized spacial score (nSPS) is 20.6. The largest absolute Gasteiger partial charge is 0.437 e. The van der Waals surface area contributed by atoms with Gasteiger partial charge in [-0.25, -0.2) is 4.98 Å². The predicted molar refractivity (Wildman–Crippen MR) is 108 cm³/mol. The first-order valence-electron chi connectivity index (χ1n) is 9.02. The van der Waals surface area contributed by atoms with Crippen molar-refractivity contribution in [2.75, 3.05) is 0 Å². The van der Waals surface area contributed by atoms with Crippen molar-refractivity contribution < 1.29 is 9.94 Å². The average molecular weight is 408 g/mol. The number of amidine groups is 1. The first-order chi connectivity index (χ1) is 12.9. The number of oxime groups is 1. The van der Waals surface area contributed by atoms with E-state index < -0.39 is 0 Å². The summed E-state index contributed by atoms with van der Waals surface area (Å²) in [6.45, 7) is 6.14. The van der Waals surface area contributed by atoms with Gasteiger partial charge in [0, 0.05) is 28.9 Å². The van der Waals surface area contributed by atoms with Crippen molar-refractivity contribution in [2.45, 2.75) is 52.1 Å². The van der Waals surface area contributed by atoms with Gasteiger partial charge in [-0.2, -0.15) is 0 Å². The molecule has 1 aromatic heterocycles. The summed E-state index contributed by atoms with van der Waals surface area (Å²) in [4.78, 5) is 6.64. The van der Waals surface area contributed by atoms with Crippen LogP contribution in [0.5, 0.6) is 11.6 Å². The van der Waals surface area contributed by atoms with Gasteiger partial charge in [0.15, 0.2) is 5.84 Å². The summed E-state index contributed by atoms with van der Waals surface area (Å²) in [5.74, 6) is 1.19. The summed E-state index contributed by atoms with van der Waals surface area (Å²) < 4.78 is 6.00. The lowest BCUT2D eigenvalue weighted by atomic mass is 9.96. The molecule has 5 nitrogen and oxygen atoms in total. The molecule has 0 saturated carbocycles. The Morgan fingerprint density at radius 1 is 1.19 bits per heavy atom. The molecule has 0 amide bonds. The summed E-state index contributed by atoms with van der Waals surface area (Å²) >= 11 is 12.3. The van der Waals surface area contributed by atoms with Crippen LogP contribution in [-0.2, 0) is 0 Å². The van der Waals surface area contributed by atoms with E-state index in [1.165, 1.54) is 0 Å². The average Bonchev–Trinajstić information content (AvgIpc) is 2.62. The number of aryl methyl sites for hydroxylation is 1. The zero-order chi connectivity index (χ0) is 19.6. The number of likely N-dealkylation sites (tertiary alicyclic amines) is 1. The van der Waals surface area contributed by atoms with Gasteiger partial charge in [0.2, 0.25) is 5.88 Å². The van der Waals surface area contributed by atoms with Gasteiger partial charge >= 0.3 is 0 Å². The van der Waals surface area contributed by atoms with Gasteiger partial charge < -0.3 is 14.8 Å². The standard InChI is InChI=1S/C20H23Cl2N3O2/c1-12-7-9-16(19(24-26)25-13(2)5-4-6-14(25)3)20(23-12)27-18-11-15(21)8-10-17(18)22/h7-11,13-14,26H,4-6H2,1-3H3/b24-19-. The summed E-state index contributed by atoms with van der Waals surface area (Å²) in [6.07, 6.45) is 3.24. The number of benzene rings is 1. The minimum absolute atomic E-state index is 0.253. The van der Waals surface area contributed by atoms with Crippen LogP contribution in [0.2, 0.25) is 10.0 Å². The second kappa shape index (κ2) is 8.36. The molecule has 2 aromatic rings. The molecule has 1 aromatic carbocycles. The molecule has 1 aliphatic rings. The summed E-state index contributed by atoms with van der Waals surface area (Å²) in [5.41, 5.74) is 1.39. The Morgan fingerprint density at radius 3 is 2.56 bits per heavy atom. The third-order valence-corrected chi connectivity index (χ3v) is 5.42. The zero-order valence-electron chi connectivity index (χ0n) is 15.6. The van der Waals surface area contributed by atoms with Crippen molar-refractivity contribution in [3.8, 4) is 11.6 Å². The molecule has 7 heteroatoms. The fraction of sp³-hybridized carbons (Fsp3) is 0.400. The SMILES string of the molecule is Cc1ccc(/C(=N/O)N2C(C)CCCC2C)c(Oc2cc(Cl)ccc2Cl)n1. The molecule has 1 aliphatic heterocycles. The monoisotopic (exact) mass is 407 g/mol. The van der Waals surface area contributed by atoms with E-state index in [2.05, 4.69) is 28.9 Å². The number of rotatable bonds is 3. The van der Waals surface area contributed by atoms with Gasteiger partial charge in [0.25, 0.3) is 0 Å². The second-order valence-electron chi connectivity index (χ2n) is 6.94. The highest BCUT2D eigenvalue weighted by molar-refractivity contribution is 6.34. The van der Waals surface area contributed by atoms with Crippen LogP contribution in [0.3, 0.4) is 0 Å². The smallest absolute Gasteiger partial charge is 0.230 e. The fourth-order valence-corrected chi connectivity index (χ4v) is 3.84. The zero-order valence-corrected chi connectivity index (χ0v) is 17.1. The molecule has 0 spiro atoms. The van der Waals surface area contributed by atoms with E-state index in [1.54, 1.807) is 18.2 Å². The molecule has 2 atom stereocenters. The van der Waals surface area contributed by atoms with Crippen LogP contribution in [0.1, 0.15) is 44.4 Å². The van der Waals surface area contributed by atoms with Gasteiger partial charge in [-0.1, -0.05) is 28.4 Å². The van der Waals surface area contributed by atoms with E-state index in [-0.39, 0.29) is 12.1 Å². The number of piperidine rings is 1. The third-order valence-electron chi connectivity index (χ3n) is 4.87. The van der Waals surface area contributed by atoms with E-state index >= 15 is 0 Å². The number of ether oxygens (including phenoxy) is 1. The van der Waals surface area contributed by atoms with Crippen LogP contribution in [0.25, 0.3) is 0 Å². The summed E-state index contributed by atoms with van der Waals surface area (Å²) in [6, 6.07) is 9.24. The molecular weight excluding hydrogens is 385 g/mol. The molecule has 2 unspecified atom stereocenters. The second-order valence-corrected chi connectivity index (χ2v) is 7.79. The van der Waals surface area contributed by atoms with Crippen molar-refractivity contribution in [3.63, 3.8) is 0 Å². The number of aromatic nitrogens is 1. The maximum absolute atomic E-state index is 9.84. The summed E-state index contributed by atoms with van der Waals surface area (Å²) in [7, 11) is 0. The molecular formula is C20H23Cl2N3O2. The van der Waals surface area contributed by atoms with E-state index in [0.29, 0.717) is 33.1 Å². The Labute approximate surface area is 169 Å². The highest BCUT2D eigenvalue weighted by Crippen LogP contribution is 2.34. The lowest BCUT2D eigenvalue weighted by Gasteiger charge is -2.40. The number of nitrogens with zero attached hydrogens (tertiary/aromatic N) is 3. The molecule has 0 aliphatic carbocycles. The van der Waals surface area contributed by atoms with Crippen molar-refractivity contribution in [2.24, 2.45) is 5.16 Å². The predicted octanol–water partition coefficient (Wildman–Crippen LogP) is 5.89. The maximum Gasteiger partial charge on any atom is 0.230 e. The van der Waals surface area contributed by atoms with Crippen molar-refractivity contribution in [1.29, 1.82) is 0 Å². The number of hydrogen-bond donors (Lipinski definition) is 1. The number of hydrogen-bond acceptors (Lipinski definition) is 4. The molecule has 27 heavy (non-hydrogen) atoms. The molecule has 144 valence electrons. The van der Waals surface area contributed by atoms with Crippen LogP contribution in [0.15, 0.2) is 35.5 Å². The highest BCUT2D eigenvalue weighted by atomic mass is 35.5. The molecule has 3 rings (SSSR count). The van der Waals surface area contributed by atoms with E-state index in [0.717, 1.165) is 25.0 Å². The quantitative estimate of drug-likeness (QED) is 0.298. The molecule has 1 fully saturated rings. The summed E-state index contributed by atoms with van der Waals surface area (Å²) in [5, 5.41) is 14.4. The molecule has 0 bridgehead atoms. The first kappa shape index (κ1) is 19.8. The van der Waals surface area contributed by atoms with Crippen LogP contribution in [-0.4, -0.2) is 33.0 Å². The Kier molecular flexibility index (Phi) is 6.12. The minimum atomic E-state index is 0.253. The van der Waals surface area contributed by atoms with E-state index in [4.69, 9.17) is 27.9 Å². The topological polar surface area (TPSA) is 58.0 Å². The Balaban J connectivity index is 2.03. The van der Waals surface area contributed by atoms with Gasteiger partial charge in [0.1, 0.15) is 5.75 Å². The third kappa shape index (κ3) is 4.30. The van der Waals surface area contributed by atoms with Crippen LogP contribution >= 0.6 is 23.2 Å². The van der Waals surface area contributed by atoms with Gasteiger partial charge in [-0.3, -0.25) is 0 Å². The lowest BCUT2D eigenvalue weighted by molar-refractivity contribution is 0.181. The molecule has 1 saturated heterocycles. The Bertz CT molecular complexity index is 847. The van der Waals surface area contributed by atoms with Gasteiger partial charge in [-0.15, -0.1) is 0 Å². The first-order valence-corrected chi connectivity index (χ1v) is 9.77. The van der Waals surface area contributed by atoms with Crippen LogP contribution in [0, 0.1) is 6.92 Å². The lowest BCUT2D eigenvalue weighted by Crippen LogP contribution is -2.48. The maximum atomic E-state index is 9.84. The van der Waals surface area contributed by atoms with Crippen LogP contribution < -0.4 is 4.74 Å². The minimum Gasteiger partial charge on any atom is -0.437 e. The van der Waals surface area contributed by atoms with Gasteiger partial charge in [0.05, 0.1) is 10.6 Å². The molecule has 0 radical (unpaired) electrons. The van der Waals surface area contributed by atoms with Gasteiger partial charge in [-0.05, 0) is 64.3 Å². The number of pyridine rings is 1. The van der Waals surface area contributed by atoms with Crippen molar-refractivity contribution in [3.05, 3.63) is 51.6 Å². The molecule has 2 heterocycles. The number of halogens is 2. The fourth-order valence-electron chi connectivity index (χ4n) is 3.52.